The molecule has 0 saturated carbocycles. The summed E-state index contributed by atoms with van der Waals surface area (Å²) in [6.07, 6.45) is 1.91. The van der Waals surface area contributed by atoms with Crippen LogP contribution in [0.3, 0.4) is 0 Å². The van der Waals surface area contributed by atoms with Crippen molar-refractivity contribution in [2.45, 2.75) is 25.5 Å². The second-order valence-corrected chi connectivity index (χ2v) is 6.28. The molecule has 1 aliphatic heterocycles. The second kappa shape index (κ2) is 9.66. The molecule has 134 valence electrons. The fourth-order valence-electron chi connectivity index (χ4n) is 2.78. The van der Waals surface area contributed by atoms with Gasteiger partial charge in [0.15, 0.2) is 0 Å². The van der Waals surface area contributed by atoms with Crippen LogP contribution in [0.2, 0.25) is 5.02 Å². The van der Waals surface area contributed by atoms with Gasteiger partial charge in [0.2, 0.25) is 0 Å². The van der Waals surface area contributed by atoms with E-state index in [4.69, 9.17) is 16.3 Å². The first-order valence-corrected chi connectivity index (χ1v) is 8.58. The van der Waals surface area contributed by atoms with Crippen molar-refractivity contribution in [2.24, 2.45) is 0 Å². The van der Waals surface area contributed by atoms with Crippen molar-refractivity contribution in [1.29, 1.82) is 0 Å². The third-order valence-corrected chi connectivity index (χ3v) is 4.52. The zero-order valence-corrected chi connectivity index (χ0v) is 15.4. The predicted octanol–water partition coefficient (Wildman–Crippen LogP) is 3.82. The molecule has 1 amide bonds. The number of hydrogen-bond acceptors (Lipinski definition) is 3. The van der Waals surface area contributed by atoms with Crippen LogP contribution >= 0.6 is 24.0 Å². The smallest absolute Gasteiger partial charge is 0.255 e. The highest BCUT2D eigenvalue weighted by molar-refractivity contribution is 6.31. The summed E-state index contributed by atoms with van der Waals surface area (Å²) in [5.41, 5.74) is 1.45. The Hall–Kier alpha value is -1.75. The van der Waals surface area contributed by atoms with Crippen LogP contribution in [0.5, 0.6) is 5.75 Å². The van der Waals surface area contributed by atoms with E-state index in [9.17, 15) is 4.79 Å². The quantitative estimate of drug-likeness (QED) is 0.828. The maximum atomic E-state index is 12.6. The van der Waals surface area contributed by atoms with E-state index < -0.39 is 0 Å². The molecule has 4 nitrogen and oxygen atoms in total. The summed E-state index contributed by atoms with van der Waals surface area (Å²) in [4.78, 5) is 12.6. The van der Waals surface area contributed by atoms with E-state index in [1.165, 1.54) is 0 Å². The van der Waals surface area contributed by atoms with Gasteiger partial charge in [-0.2, -0.15) is 0 Å². The molecule has 1 aliphatic rings. The Labute approximate surface area is 159 Å². The van der Waals surface area contributed by atoms with Crippen molar-refractivity contribution in [3.05, 3.63) is 64.7 Å². The molecule has 0 bridgehead atoms. The standard InChI is InChI=1S/C19H21ClN2O2.ClH/c20-17-7-3-1-5-14(17)13-24-18-8-4-2-6-16(18)19(23)22-15-9-11-21-12-10-15;/h1-8,15,21H,9-13H2,(H,22,23);1H. The van der Waals surface area contributed by atoms with Gasteiger partial charge in [0.25, 0.3) is 5.91 Å². The molecule has 1 fully saturated rings. The Morgan fingerprint density at radius 1 is 1.12 bits per heavy atom. The normalized spacial score (nSPS) is 14.4. The Balaban J connectivity index is 0.00000225. The molecule has 2 aromatic carbocycles. The van der Waals surface area contributed by atoms with E-state index in [1.54, 1.807) is 6.07 Å². The topological polar surface area (TPSA) is 50.4 Å². The average molecular weight is 381 g/mol. The van der Waals surface area contributed by atoms with Gasteiger partial charge in [0, 0.05) is 16.6 Å². The number of piperidine rings is 1. The molecule has 6 heteroatoms. The van der Waals surface area contributed by atoms with Gasteiger partial charge in [0.05, 0.1) is 5.56 Å². The van der Waals surface area contributed by atoms with Crippen molar-refractivity contribution >= 4 is 29.9 Å². The van der Waals surface area contributed by atoms with E-state index in [0.29, 0.717) is 22.9 Å². The number of halogens is 2. The number of benzene rings is 2. The average Bonchev–Trinajstić information content (AvgIpc) is 2.62. The number of rotatable bonds is 5. The maximum absolute atomic E-state index is 12.6. The molecule has 3 rings (SSSR count). The first-order valence-electron chi connectivity index (χ1n) is 8.21. The lowest BCUT2D eigenvalue weighted by atomic mass is 10.1. The Bertz CT molecular complexity index is 703. The minimum Gasteiger partial charge on any atom is -0.488 e. The van der Waals surface area contributed by atoms with E-state index in [-0.39, 0.29) is 24.4 Å². The number of nitrogens with one attached hydrogen (secondary N) is 2. The lowest BCUT2D eigenvalue weighted by molar-refractivity contribution is 0.0925. The van der Waals surface area contributed by atoms with Crippen molar-refractivity contribution in [2.75, 3.05) is 13.1 Å². The van der Waals surface area contributed by atoms with Gasteiger partial charge in [-0.15, -0.1) is 12.4 Å². The third-order valence-electron chi connectivity index (χ3n) is 4.15. The first-order chi connectivity index (χ1) is 11.7. The summed E-state index contributed by atoms with van der Waals surface area (Å²) < 4.78 is 5.86. The molecule has 25 heavy (non-hydrogen) atoms. The number of carbonyl (C=O) groups excluding carboxylic acids is 1. The van der Waals surface area contributed by atoms with E-state index in [2.05, 4.69) is 10.6 Å². The van der Waals surface area contributed by atoms with Gasteiger partial charge in [-0.3, -0.25) is 4.79 Å². The number of carbonyl (C=O) groups is 1. The Morgan fingerprint density at radius 2 is 1.80 bits per heavy atom. The van der Waals surface area contributed by atoms with Gasteiger partial charge in [0.1, 0.15) is 12.4 Å². The van der Waals surface area contributed by atoms with Crippen molar-refractivity contribution in [3.8, 4) is 5.75 Å². The number of para-hydroxylation sites is 1. The van der Waals surface area contributed by atoms with Crippen molar-refractivity contribution in [3.63, 3.8) is 0 Å². The van der Waals surface area contributed by atoms with Gasteiger partial charge in [-0.05, 0) is 44.1 Å². The molecule has 0 spiro atoms. The maximum Gasteiger partial charge on any atom is 0.255 e. The predicted molar refractivity (Wildman–Crippen MR) is 103 cm³/mol. The fraction of sp³-hybridized carbons (Fsp3) is 0.316. The second-order valence-electron chi connectivity index (χ2n) is 5.87. The van der Waals surface area contributed by atoms with Crippen LogP contribution in [-0.2, 0) is 6.61 Å². The summed E-state index contributed by atoms with van der Waals surface area (Å²) in [5, 5.41) is 7.06. The van der Waals surface area contributed by atoms with E-state index >= 15 is 0 Å². The van der Waals surface area contributed by atoms with Crippen LogP contribution in [0, 0.1) is 0 Å². The first kappa shape index (κ1) is 19.6. The molecule has 1 saturated heterocycles. The monoisotopic (exact) mass is 380 g/mol. The minimum atomic E-state index is -0.0864. The molecule has 2 N–H and O–H groups in total. The van der Waals surface area contributed by atoms with Gasteiger partial charge in [-0.1, -0.05) is 41.9 Å². The van der Waals surface area contributed by atoms with Crippen molar-refractivity contribution < 1.29 is 9.53 Å². The molecule has 0 aromatic heterocycles. The molecular formula is C19H22Cl2N2O2. The fourth-order valence-corrected chi connectivity index (χ4v) is 2.97. The highest BCUT2D eigenvalue weighted by Crippen LogP contribution is 2.22. The molecule has 0 atom stereocenters. The zero-order valence-electron chi connectivity index (χ0n) is 13.8. The van der Waals surface area contributed by atoms with Crippen LogP contribution in [-0.4, -0.2) is 25.0 Å². The molecule has 0 aliphatic carbocycles. The summed E-state index contributed by atoms with van der Waals surface area (Å²) in [7, 11) is 0. The summed E-state index contributed by atoms with van der Waals surface area (Å²) >= 11 is 6.16. The van der Waals surface area contributed by atoms with Gasteiger partial charge in [-0.25, -0.2) is 0 Å². The van der Waals surface area contributed by atoms with E-state index in [0.717, 1.165) is 31.5 Å². The van der Waals surface area contributed by atoms with E-state index in [1.807, 2.05) is 42.5 Å². The molecule has 0 unspecified atom stereocenters. The number of ether oxygens (including phenoxy) is 1. The summed E-state index contributed by atoms with van der Waals surface area (Å²) in [5.74, 6) is 0.487. The molecular weight excluding hydrogens is 359 g/mol. The van der Waals surface area contributed by atoms with Crippen LogP contribution in [0.4, 0.5) is 0 Å². The lowest BCUT2D eigenvalue weighted by Gasteiger charge is -2.24. The lowest BCUT2D eigenvalue weighted by Crippen LogP contribution is -2.42. The highest BCUT2D eigenvalue weighted by Gasteiger charge is 2.18. The molecule has 0 radical (unpaired) electrons. The summed E-state index contributed by atoms with van der Waals surface area (Å²) in [6, 6.07) is 15.1. The largest absolute Gasteiger partial charge is 0.488 e. The number of hydrogen-bond donors (Lipinski definition) is 2. The van der Waals surface area contributed by atoms with Crippen LogP contribution in [0.1, 0.15) is 28.8 Å². The Morgan fingerprint density at radius 3 is 2.56 bits per heavy atom. The third kappa shape index (κ3) is 5.36. The molecule has 1 heterocycles. The Kier molecular flexibility index (Phi) is 7.56. The van der Waals surface area contributed by atoms with Gasteiger partial charge >= 0.3 is 0 Å². The SMILES string of the molecule is Cl.O=C(NC1CCNCC1)c1ccccc1OCc1ccccc1Cl. The van der Waals surface area contributed by atoms with Crippen LogP contribution in [0.15, 0.2) is 48.5 Å². The van der Waals surface area contributed by atoms with Crippen molar-refractivity contribution in [1.82, 2.24) is 10.6 Å². The number of amides is 1. The summed E-state index contributed by atoms with van der Waals surface area (Å²) in [6.45, 7) is 2.21. The van der Waals surface area contributed by atoms with Crippen LogP contribution < -0.4 is 15.4 Å². The zero-order chi connectivity index (χ0) is 16.8. The minimum absolute atomic E-state index is 0. The van der Waals surface area contributed by atoms with Crippen LogP contribution in [0.25, 0.3) is 0 Å². The highest BCUT2D eigenvalue weighted by atomic mass is 35.5. The molecule has 2 aromatic rings. The van der Waals surface area contributed by atoms with Gasteiger partial charge < -0.3 is 15.4 Å².